The fourth-order valence-electron chi connectivity index (χ4n) is 3.56. The van der Waals surface area contributed by atoms with Crippen LogP contribution < -0.4 is 0 Å². The Labute approximate surface area is 161 Å². The van der Waals surface area contributed by atoms with Crippen LogP contribution in [0.2, 0.25) is 0 Å². The van der Waals surface area contributed by atoms with Crippen molar-refractivity contribution in [3.05, 3.63) is 59.7 Å². The molecule has 0 spiro atoms. The predicted molar refractivity (Wildman–Crippen MR) is 100 cm³/mol. The highest BCUT2D eigenvalue weighted by molar-refractivity contribution is 5.92. The van der Waals surface area contributed by atoms with E-state index in [1.54, 1.807) is 16.5 Å². The van der Waals surface area contributed by atoms with Gasteiger partial charge in [0.05, 0.1) is 17.9 Å². The number of carboxylic acid groups (broad SMARTS) is 1. The van der Waals surface area contributed by atoms with E-state index in [1.165, 1.54) is 12.5 Å². The summed E-state index contributed by atoms with van der Waals surface area (Å²) in [6.07, 6.45) is 4.19. The minimum atomic E-state index is -0.975. The van der Waals surface area contributed by atoms with E-state index >= 15 is 0 Å². The zero-order valence-electron chi connectivity index (χ0n) is 15.4. The van der Waals surface area contributed by atoms with Gasteiger partial charge in [0.15, 0.2) is 5.69 Å². The van der Waals surface area contributed by atoms with Gasteiger partial charge in [-0.25, -0.2) is 9.78 Å². The molecule has 0 atom stereocenters. The number of aromatic carboxylic acids is 1. The molecule has 1 saturated heterocycles. The quantitative estimate of drug-likeness (QED) is 0.746. The number of hydrogen-bond acceptors (Lipinski definition) is 5. The Morgan fingerprint density at radius 3 is 2.54 bits per heavy atom. The number of nitrogens with zero attached hydrogens (tertiary/aromatic N) is 4. The first-order chi connectivity index (χ1) is 13.5. The van der Waals surface area contributed by atoms with Crippen LogP contribution in [0.5, 0.6) is 0 Å². The fourth-order valence-corrected chi connectivity index (χ4v) is 3.56. The highest BCUT2D eigenvalue weighted by Gasteiger charge is 2.28. The van der Waals surface area contributed by atoms with Crippen molar-refractivity contribution in [1.82, 2.24) is 19.7 Å². The molecule has 28 heavy (non-hydrogen) atoms. The zero-order chi connectivity index (χ0) is 19.7. The van der Waals surface area contributed by atoms with Crippen molar-refractivity contribution in [2.24, 2.45) is 0 Å². The summed E-state index contributed by atoms with van der Waals surface area (Å²) in [6.45, 7) is 2.87. The average molecular weight is 380 g/mol. The normalized spacial score (nSPS) is 15.0. The summed E-state index contributed by atoms with van der Waals surface area (Å²) in [5.74, 6) is -0.711. The Balaban J connectivity index is 1.42. The van der Waals surface area contributed by atoms with E-state index < -0.39 is 5.97 Å². The highest BCUT2D eigenvalue weighted by atomic mass is 16.4. The number of carbonyl (C=O) groups is 2. The number of aromatic nitrogens is 3. The van der Waals surface area contributed by atoms with E-state index in [0.29, 0.717) is 43.2 Å². The van der Waals surface area contributed by atoms with Crippen LogP contribution in [0.1, 0.15) is 45.4 Å². The second-order valence-electron chi connectivity index (χ2n) is 6.82. The number of amides is 1. The molecule has 1 aromatic carbocycles. The van der Waals surface area contributed by atoms with Gasteiger partial charge in [0.2, 0.25) is 5.89 Å². The maximum Gasteiger partial charge on any atom is 0.339 e. The lowest BCUT2D eigenvalue weighted by Gasteiger charge is -2.32. The Morgan fingerprint density at radius 2 is 1.89 bits per heavy atom. The Hall–Kier alpha value is -3.42. The lowest BCUT2D eigenvalue weighted by atomic mass is 10.0. The second kappa shape index (κ2) is 7.30. The van der Waals surface area contributed by atoms with Crippen molar-refractivity contribution in [3.63, 3.8) is 0 Å². The number of benzene rings is 1. The van der Waals surface area contributed by atoms with Gasteiger partial charge in [0.25, 0.3) is 5.91 Å². The molecule has 8 heteroatoms. The van der Waals surface area contributed by atoms with E-state index in [-0.39, 0.29) is 17.5 Å². The van der Waals surface area contributed by atoms with Gasteiger partial charge in [-0.1, -0.05) is 18.2 Å². The van der Waals surface area contributed by atoms with Crippen molar-refractivity contribution in [2.45, 2.75) is 25.8 Å². The number of likely N-dealkylation sites (tertiary alicyclic amines) is 1. The molecule has 8 nitrogen and oxygen atoms in total. The lowest BCUT2D eigenvalue weighted by Crippen LogP contribution is -2.39. The molecule has 0 radical (unpaired) electrons. The number of oxazole rings is 1. The van der Waals surface area contributed by atoms with Gasteiger partial charge in [-0.2, -0.15) is 5.10 Å². The lowest BCUT2D eigenvalue weighted by molar-refractivity contribution is 0.0682. The Morgan fingerprint density at radius 1 is 1.18 bits per heavy atom. The van der Waals surface area contributed by atoms with Gasteiger partial charge in [-0.3, -0.25) is 9.48 Å². The van der Waals surface area contributed by atoms with Crippen molar-refractivity contribution >= 4 is 11.9 Å². The van der Waals surface area contributed by atoms with Crippen molar-refractivity contribution in [2.75, 3.05) is 13.1 Å². The molecule has 1 aliphatic heterocycles. The molecule has 144 valence electrons. The molecular weight excluding hydrogens is 360 g/mol. The molecule has 1 N–H and O–H groups in total. The van der Waals surface area contributed by atoms with Crippen molar-refractivity contribution in [1.29, 1.82) is 0 Å². The fraction of sp³-hybridized carbons (Fsp3) is 0.300. The van der Waals surface area contributed by atoms with E-state index in [4.69, 9.17) is 4.42 Å². The molecule has 3 aromatic rings. The van der Waals surface area contributed by atoms with E-state index in [2.05, 4.69) is 10.1 Å². The predicted octanol–water partition coefficient (Wildman–Crippen LogP) is 3.02. The summed E-state index contributed by atoms with van der Waals surface area (Å²) in [4.78, 5) is 30.0. The van der Waals surface area contributed by atoms with E-state index in [1.807, 2.05) is 30.3 Å². The largest absolute Gasteiger partial charge is 0.478 e. The molecule has 0 unspecified atom stereocenters. The summed E-state index contributed by atoms with van der Waals surface area (Å²) >= 11 is 0. The Kier molecular flexibility index (Phi) is 4.68. The van der Waals surface area contributed by atoms with E-state index in [9.17, 15) is 14.7 Å². The number of rotatable bonds is 4. The summed E-state index contributed by atoms with van der Waals surface area (Å²) < 4.78 is 7.22. The number of piperidine rings is 1. The third-order valence-electron chi connectivity index (χ3n) is 5.12. The van der Waals surface area contributed by atoms with Crippen LogP contribution in [-0.2, 0) is 0 Å². The minimum absolute atomic E-state index is 0.0781. The smallest absolute Gasteiger partial charge is 0.339 e. The first-order valence-corrected chi connectivity index (χ1v) is 9.12. The van der Waals surface area contributed by atoms with Crippen LogP contribution in [-0.4, -0.2) is 49.7 Å². The number of carboxylic acids is 1. The van der Waals surface area contributed by atoms with Crippen molar-refractivity contribution in [3.8, 4) is 11.5 Å². The van der Waals surface area contributed by atoms with Gasteiger partial charge < -0.3 is 14.4 Å². The Bertz CT molecular complexity index is 1000. The summed E-state index contributed by atoms with van der Waals surface area (Å²) in [6, 6.07) is 9.52. The number of hydrogen-bond donors (Lipinski definition) is 1. The summed E-state index contributed by atoms with van der Waals surface area (Å²) in [5.41, 5.74) is 1.97. The van der Waals surface area contributed by atoms with Crippen molar-refractivity contribution < 1.29 is 19.1 Å². The molecule has 0 aliphatic carbocycles. The van der Waals surface area contributed by atoms with Crippen LogP contribution in [0.4, 0.5) is 0 Å². The molecule has 2 aromatic heterocycles. The van der Waals surface area contributed by atoms with Gasteiger partial charge in [0, 0.05) is 18.7 Å². The highest BCUT2D eigenvalue weighted by Crippen LogP contribution is 2.26. The standard InChI is InChI=1S/C20H20N4O4/c1-13-16(20(26)27)11-21-24(13)15-7-9-23(10-8-15)19(25)17-12-28-18(22-17)14-5-3-2-4-6-14/h2-6,11-12,15H,7-10H2,1H3,(H,26,27). The number of carbonyl (C=O) groups excluding carboxylic acids is 1. The molecule has 1 amide bonds. The molecule has 1 aliphatic rings. The van der Waals surface area contributed by atoms with E-state index in [0.717, 1.165) is 5.56 Å². The van der Waals surface area contributed by atoms with Crippen LogP contribution in [0.15, 0.2) is 47.2 Å². The maximum atomic E-state index is 12.8. The van der Waals surface area contributed by atoms with Crippen LogP contribution in [0.3, 0.4) is 0 Å². The van der Waals surface area contributed by atoms with Gasteiger partial charge in [-0.05, 0) is 31.9 Å². The minimum Gasteiger partial charge on any atom is -0.478 e. The first kappa shape index (κ1) is 18.0. The molecule has 1 fully saturated rings. The monoisotopic (exact) mass is 380 g/mol. The molecule has 3 heterocycles. The van der Waals surface area contributed by atoms with Crippen LogP contribution >= 0.6 is 0 Å². The molecule has 0 saturated carbocycles. The third-order valence-corrected chi connectivity index (χ3v) is 5.12. The molecule has 4 rings (SSSR count). The topological polar surface area (TPSA) is 101 Å². The first-order valence-electron chi connectivity index (χ1n) is 9.12. The maximum absolute atomic E-state index is 12.8. The third kappa shape index (κ3) is 3.28. The average Bonchev–Trinajstić information content (AvgIpc) is 3.35. The SMILES string of the molecule is Cc1c(C(=O)O)cnn1C1CCN(C(=O)c2coc(-c3ccccc3)n2)CC1. The van der Waals surface area contributed by atoms with Crippen LogP contribution in [0.25, 0.3) is 11.5 Å². The molecule has 0 bridgehead atoms. The zero-order valence-corrected chi connectivity index (χ0v) is 15.4. The summed E-state index contributed by atoms with van der Waals surface area (Å²) in [5, 5.41) is 13.4. The molecular formula is C20H20N4O4. The van der Waals surface area contributed by atoms with Gasteiger partial charge in [0.1, 0.15) is 11.8 Å². The second-order valence-corrected chi connectivity index (χ2v) is 6.82. The van der Waals surface area contributed by atoms with Gasteiger partial charge >= 0.3 is 5.97 Å². The summed E-state index contributed by atoms with van der Waals surface area (Å²) in [7, 11) is 0. The van der Waals surface area contributed by atoms with Gasteiger partial charge in [-0.15, -0.1) is 0 Å². The van der Waals surface area contributed by atoms with Crippen LogP contribution in [0, 0.1) is 6.92 Å².